The third-order valence-corrected chi connectivity index (χ3v) is 3.32. The maximum Gasteiger partial charge on any atom is 0.129 e. The van der Waals surface area contributed by atoms with E-state index in [1.807, 2.05) is 6.07 Å². The summed E-state index contributed by atoms with van der Waals surface area (Å²) in [5.74, 6) is -0.158. The molecule has 1 nitrogen and oxygen atoms in total. The van der Waals surface area contributed by atoms with Crippen molar-refractivity contribution in [2.75, 3.05) is 0 Å². The predicted octanol–water partition coefficient (Wildman–Crippen LogP) is 3.20. The van der Waals surface area contributed by atoms with Crippen LogP contribution < -0.4 is 0 Å². The first-order chi connectivity index (χ1) is 7.11. The third-order valence-electron chi connectivity index (χ3n) is 3.32. The van der Waals surface area contributed by atoms with E-state index >= 15 is 0 Å². The molecule has 0 aliphatic heterocycles. The number of hydrogen-bond acceptors (Lipinski definition) is 1. The van der Waals surface area contributed by atoms with Gasteiger partial charge in [0.05, 0.1) is 6.10 Å². The van der Waals surface area contributed by atoms with Gasteiger partial charge in [-0.1, -0.05) is 12.5 Å². The molecule has 0 heterocycles. The van der Waals surface area contributed by atoms with Crippen LogP contribution in [-0.4, -0.2) is 5.11 Å². The molecule has 0 radical (unpaired) electrons. The highest BCUT2D eigenvalue weighted by atomic mass is 19.1. The number of aliphatic hydroxyl groups excluding tert-OH is 1. The molecule has 1 atom stereocenters. The van der Waals surface area contributed by atoms with Crippen molar-refractivity contribution in [1.82, 2.24) is 0 Å². The van der Waals surface area contributed by atoms with Crippen LogP contribution in [0.25, 0.3) is 0 Å². The summed E-state index contributed by atoms with van der Waals surface area (Å²) < 4.78 is 13.7. The fraction of sp³-hybridized carbons (Fsp3) is 0.538. The molecule has 1 aromatic rings. The molecule has 1 N–H and O–H groups in total. The van der Waals surface area contributed by atoms with Crippen LogP contribution in [-0.2, 0) is 6.42 Å². The second kappa shape index (κ2) is 3.93. The first-order valence-corrected chi connectivity index (χ1v) is 5.58. The molecule has 0 amide bonds. The van der Waals surface area contributed by atoms with Gasteiger partial charge in [0, 0.05) is 0 Å². The van der Waals surface area contributed by atoms with Gasteiger partial charge in [0.15, 0.2) is 0 Å². The summed E-state index contributed by atoms with van der Waals surface area (Å²) in [5, 5.41) is 9.97. The van der Waals surface area contributed by atoms with Crippen molar-refractivity contribution < 1.29 is 9.50 Å². The monoisotopic (exact) mass is 208 g/mol. The second-order valence-electron chi connectivity index (χ2n) is 4.47. The Morgan fingerprint density at radius 3 is 2.80 bits per heavy atom. The molecule has 0 spiro atoms. The van der Waals surface area contributed by atoms with Gasteiger partial charge >= 0.3 is 0 Å². The number of hydrogen-bond donors (Lipinski definition) is 1. The molecule has 15 heavy (non-hydrogen) atoms. The molecule has 0 aromatic heterocycles. The van der Waals surface area contributed by atoms with Crippen molar-refractivity contribution in [3.05, 3.63) is 34.1 Å². The van der Waals surface area contributed by atoms with E-state index in [1.165, 1.54) is 0 Å². The standard InChI is InChI=1S/C13H17FO/c1-8-7-10-5-3-4-6-11(15)12(10)9(2)13(8)14/h7,11,15H,3-6H2,1-2H3. The third kappa shape index (κ3) is 1.78. The van der Waals surface area contributed by atoms with Crippen LogP contribution in [0.2, 0.25) is 0 Å². The average Bonchev–Trinajstić information content (AvgIpc) is 2.37. The molecule has 0 saturated heterocycles. The van der Waals surface area contributed by atoms with Crippen LogP contribution >= 0.6 is 0 Å². The molecular formula is C13H17FO. The lowest BCUT2D eigenvalue weighted by Crippen LogP contribution is -2.05. The second-order valence-corrected chi connectivity index (χ2v) is 4.47. The van der Waals surface area contributed by atoms with Crippen LogP contribution in [0.15, 0.2) is 6.07 Å². The molecule has 1 unspecified atom stereocenters. The van der Waals surface area contributed by atoms with Gasteiger partial charge in [0.25, 0.3) is 0 Å². The van der Waals surface area contributed by atoms with Crippen molar-refractivity contribution in [3.63, 3.8) is 0 Å². The summed E-state index contributed by atoms with van der Waals surface area (Å²) in [7, 11) is 0. The highest BCUT2D eigenvalue weighted by Gasteiger charge is 2.21. The Bertz CT molecular complexity index is 385. The average molecular weight is 208 g/mol. The summed E-state index contributed by atoms with van der Waals surface area (Å²) in [4.78, 5) is 0. The van der Waals surface area contributed by atoms with E-state index in [9.17, 15) is 9.50 Å². The predicted molar refractivity (Wildman–Crippen MR) is 58.4 cm³/mol. The van der Waals surface area contributed by atoms with E-state index in [-0.39, 0.29) is 5.82 Å². The normalized spacial score (nSPS) is 20.9. The van der Waals surface area contributed by atoms with E-state index in [1.54, 1.807) is 13.8 Å². The SMILES string of the molecule is Cc1cc2c(c(C)c1F)C(O)CCCC2. The lowest BCUT2D eigenvalue weighted by atomic mass is 9.93. The van der Waals surface area contributed by atoms with Crippen molar-refractivity contribution in [3.8, 4) is 0 Å². The van der Waals surface area contributed by atoms with Crippen LogP contribution in [0.1, 0.15) is 47.6 Å². The quantitative estimate of drug-likeness (QED) is 0.649. The van der Waals surface area contributed by atoms with E-state index in [0.29, 0.717) is 11.1 Å². The summed E-state index contributed by atoms with van der Waals surface area (Å²) >= 11 is 0. The van der Waals surface area contributed by atoms with Gasteiger partial charge in [0.1, 0.15) is 5.82 Å². The highest BCUT2D eigenvalue weighted by Crippen LogP contribution is 2.33. The van der Waals surface area contributed by atoms with E-state index in [4.69, 9.17) is 0 Å². The summed E-state index contributed by atoms with van der Waals surface area (Å²) in [5.41, 5.74) is 3.31. The smallest absolute Gasteiger partial charge is 0.129 e. The number of aliphatic hydroxyl groups is 1. The van der Waals surface area contributed by atoms with Crippen LogP contribution in [0.4, 0.5) is 4.39 Å². The van der Waals surface area contributed by atoms with Gasteiger partial charge in [-0.3, -0.25) is 0 Å². The molecule has 1 aliphatic rings. The Hall–Kier alpha value is -0.890. The van der Waals surface area contributed by atoms with Gasteiger partial charge in [-0.25, -0.2) is 4.39 Å². The van der Waals surface area contributed by atoms with Gasteiger partial charge in [-0.05, 0) is 55.4 Å². The minimum absolute atomic E-state index is 0.158. The van der Waals surface area contributed by atoms with Crippen LogP contribution in [0, 0.1) is 19.7 Å². The van der Waals surface area contributed by atoms with Crippen LogP contribution in [0.5, 0.6) is 0 Å². The zero-order valence-corrected chi connectivity index (χ0v) is 9.31. The first-order valence-electron chi connectivity index (χ1n) is 5.58. The number of halogens is 1. The molecule has 2 rings (SSSR count). The Kier molecular flexibility index (Phi) is 2.79. The summed E-state index contributed by atoms with van der Waals surface area (Å²) in [6.07, 6.45) is 3.37. The number of aryl methyl sites for hydroxylation is 2. The van der Waals surface area contributed by atoms with E-state index in [0.717, 1.165) is 36.8 Å². The van der Waals surface area contributed by atoms with Crippen LogP contribution in [0.3, 0.4) is 0 Å². The van der Waals surface area contributed by atoms with E-state index in [2.05, 4.69) is 0 Å². The molecule has 1 aromatic carbocycles. The number of fused-ring (bicyclic) bond motifs is 1. The Morgan fingerprint density at radius 1 is 1.33 bits per heavy atom. The van der Waals surface area contributed by atoms with Crippen molar-refractivity contribution in [1.29, 1.82) is 0 Å². The topological polar surface area (TPSA) is 20.2 Å². The fourth-order valence-corrected chi connectivity index (χ4v) is 2.53. The van der Waals surface area contributed by atoms with Crippen molar-refractivity contribution in [2.45, 2.75) is 45.6 Å². The van der Waals surface area contributed by atoms with Gasteiger partial charge in [-0.15, -0.1) is 0 Å². The summed E-state index contributed by atoms with van der Waals surface area (Å²) in [6, 6.07) is 1.90. The minimum Gasteiger partial charge on any atom is -0.388 e. The van der Waals surface area contributed by atoms with Gasteiger partial charge < -0.3 is 5.11 Å². The minimum atomic E-state index is -0.474. The lowest BCUT2D eigenvalue weighted by Gasteiger charge is -2.16. The molecule has 82 valence electrons. The molecule has 2 heteroatoms. The number of benzene rings is 1. The zero-order valence-electron chi connectivity index (χ0n) is 9.31. The van der Waals surface area contributed by atoms with Gasteiger partial charge in [0.2, 0.25) is 0 Å². The Labute approximate surface area is 89.9 Å². The molecular weight excluding hydrogens is 191 g/mol. The largest absolute Gasteiger partial charge is 0.388 e. The molecule has 0 fully saturated rings. The molecule has 1 aliphatic carbocycles. The molecule has 0 saturated carbocycles. The first kappa shape index (κ1) is 10.6. The highest BCUT2D eigenvalue weighted by molar-refractivity contribution is 5.41. The van der Waals surface area contributed by atoms with E-state index < -0.39 is 6.10 Å². The Morgan fingerprint density at radius 2 is 2.07 bits per heavy atom. The lowest BCUT2D eigenvalue weighted by molar-refractivity contribution is 0.165. The van der Waals surface area contributed by atoms with Crippen molar-refractivity contribution in [2.24, 2.45) is 0 Å². The maximum absolute atomic E-state index is 13.7. The number of rotatable bonds is 0. The van der Waals surface area contributed by atoms with Crippen molar-refractivity contribution >= 4 is 0 Å². The van der Waals surface area contributed by atoms with Gasteiger partial charge in [-0.2, -0.15) is 0 Å². The maximum atomic E-state index is 13.7. The summed E-state index contributed by atoms with van der Waals surface area (Å²) in [6.45, 7) is 3.57. The zero-order chi connectivity index (χ0) is 11.0. The molecule has 0 bridgehead atoms. The fourth-order valence-electron chi connectivity index (χ4n) is 2.53. The Balaban J connectivity index is 2.61.